The van der Waals surface area contributed by atoms with E-state index in [9.17, 15) is 20.0 Å². The van der Waals surface area contributed by atoms with Crippen molar-refractivity contribution < 1.29 is 14.8 Å². The number of hydrogen-bond donors (Lipinski definition) is 1. The number of carboxylic acid groups (broad SMARTS) is 1. The fourth-order valence-corrected chi connectivity index (χ4v) is 4.55. The highest BCUT2D eigenvalue weighted by Crippen LogP contribution is 2.35. The summed E-state index contributed by atoms with van der Waals surface area (Å²) in [6.07, 6.45) is 2.01. The zero-order valence-corrected chi connectivity index (χ0v) is 18.7. The zero-order valence-electron chi connectivity index (χ0n) is 17.8. The number of nitro groups is 1. The minimum absolute atomic E-state index is 0.0306. The second-order valence-corrected chi connectivity index (χ2v) is 8.48. The van der Waals surface area contributed by atoms with Crippen molar-refractivity contribution in [1.82, 2.24) is 4.98 Å². The van der Waals surface area contributed by atoms with Gasteiger partial charge < -0.3 is 10.0 Å². The Hall–Kier alpha value is -4.04. The number of para-hydroxylation sites is 2. The van der Waals surface area contributed by atoms with E-state index in [0.717, 1.165) is 21.5 Å². The summed E-state index contributed by atoms with van der Waals surface area (Å²) in [5.74, 6) is -0.909. The van der Waals surface area contributed by atoms with Crippen molar-refractivity contribution in [2.24, 2.45) is 0 Å². The molecule has 8 heteroatoms. The van der Waals surface area contributed by atoms with Crippen molar-refractivity contribution in [3.63, 3.8) is 0 Å². The molecule has 33 heavy (non-hydrogen) atoms. The van der Waals surface area contributed by atoms with Gasteiger partial charge in [0, 0.05) is 25.2 Å². The van der Waals surface area contributed by atoms with Crippen molar-refractivity contribution in [2.75, 3.05) is 11.9 Å². The number of aromatic nitrogens is 1. The molecule has 0 atom stereocenters. The van der Waals surface area contributed by atoms with Crippen molar-refractivity contribution in [3.05, 3.63) is 93.5 Å². The normalized spacial score (nSPS) is 11.5. The molecule has 0 saturated carbocycles. The quantitative estimate of drug-likeness (QED) is 0.243. The van der Waals surface area contributed by atoms with Gasteiger partial charge in [0.15, 0.2) is 0 Å². The molecule has 1 aromatic heterocycles. The van der Waals surface area contributed by atoms with Gasteiger partial charge in [-0.2, -0.15) is 0 Å². The Morgan fingerprint density at radius 3 is 2.52 bits per heavy atom. The smallest absolute Gasteiger partial charge is 0.303 e. The molecule has 1 N–H and O–H groups in total. The number of aliphatic carboxylic acids is 1. The highest BCUT2D eigenvalue weighted by atomic mass is 32.1. The van der Waals surface area contributed by atoms with Gasteiger partial charge in [0.1, 0.15) is 10.7 Å². The molecular weight excluding hydrogens is 438 g/mol. The lowest BCUT2D eigenvalue weighted by Crippen LogP contribution is -2.11. The lowest BCUT2D eigenvalue weighted by molar-refractivity contribution is -0.384. The first kappa shape index (κ1) is 22.2. The fourth-order valence-electron chi connectivity index (χ4n) is 3.54. The number of anilines is 2. The molecule has 0 aliphatic heterocycles. The van der Waals surface area contributed by atoms with Crippen molar-refractivity contribution in [2.45, 2.75) is 12.8 Å². The van der Waals surface area contributed by atoms with Gasteiger partial charge in [-0.05, 0) is 54.0 Å². The number of rotatable bonds is 8. The van der Waals surface area contributed by atoms with E-state index in [1.807, 2.05) is 54.6 Å². The zero-order chi connectivity index (χ0) is 23.4. The van der Waals surface area contributed by atoms with Gasteiger partial charge in [0.25, 0.3) is 5.69 Å². The maximum absolute atomic E-state index is 11.9. The first-order valence-corrected chi connectivity index (χ1v) is 11.1. The standard InChI is InChI=1S/C25H21N3O4S/c1-27(19-7-3-2-4-8-19)21-13-11-17(16-22(21)28(31)32)15-18(12-14-24(29)30)25-26-20-9-5-6-10-23(20)33-25/h2-11,13,15-16H,12,14H2,1H3,(H,29,30)/b18-15-. The van der Waals surface area contributed by atoms with Gasteiger partial charge in [-0.25, -0.2) is 4.98 Å². The highest BCUT2D eigenvalue weighted by Gasteiger charge is 2.19. The molecule has 0 aliphatic rings. The number of nitro benzene ring substituents is 1. The topological polar surface area (TPSA) is 96.6 Å². The Kier molecular flexibility index (Phi) is 6.46. The number of fused-ring (bicyclic) bond motifs is 1. The van der Waals surface area contributed by atoms with Crippen LogP contribution in [0.4, 0.5) is 17.1 Å². The van der Waals surface area contributed by atoms with Crippen LogP contribution < -0.4 is 4.90 Å². The molecule has 166 valence electrons. The molecule has 0 fully saturated rings. The van der Waals surface area contributed by atoms with Crippen molar-refractivity contribution >= 4 is 56.2 Å². The van der Waals surface area contributed by atoms with E-state index in [4.69, 9.17) is 0 Å². The van der Waals surface area contributed by atoms with Crippen LogP contribution in [0.25, 0.3) is 21.9 Å². The molecule has 0 radical (unpaired) electrons. The van der Waals surface area contributed by atoms with Crippen LogP contribution in [-0.2, 0) is 4.79 Å². The van der Waals surface area contributed by atoms with Crippen LogP contribution in [0.1, 0.15) is 23.4 Å². The minimum Gasteiger partial charge on any atom is -0.481 e. The van der Waals surface area contributed by atoms with Gasteiger partial charge in [0.2, 0.25) is 0 Å². The van der Waals surface area contributed by atoms with Crippen LogP contribution in [0.15, 0.2) is 72.8 Å². The second kappa shape index (κ2) is 9.62. The van der Waals surface area contributed by atoms with Crippen LogP contribution in [0.2, 0.25) is 0 Å². The predicted molar refractivity (Wildman–Crippen MR) is 132 cm³/mol. The van der Waals surface area contributed by atoms with Gasteiger partial charge in [-0.15, -0.1) is 11.3 Å². The highest BCUT2D eigenvalue weighted by molar-refractivity contribution is 7.19. The summed E-state index contributed by atoms with van der Waals surface area (Å²) in [7, 11) is 1.78. The van der Waals surface area contributed by atoms with E-state index >= 15 is 0 Å². The molecule has 4 rings (SSSR count). The lowest BCUT2D eigenvalue weighted by Gasteiger charge is -2.19. The Morgan fingerprint density at radius 2 is 1.82 bits per heavy atom. The minimum atomic E-state index is -0.909. The molecule has 7 nitrogen and oxygen atoms in total. The van der Waals surface area contributed by atoms with E-state index in [2.05, 4.69) is 4.98 Å². The Bertz CT molecular complexity index is 1320. The summed E-state index contributed by atoms with van der Waals surface area (Å²) >= 11 is 1.48. The van der Waals surface area contributed by atoms with Gasteiger partial charge in [-0.3, -0.25) is 14.9 Å². The predicted octanol–water partition coefficient (Wildman–Crippen LogP) is 6.38. The van der Waals surface area contributed by atoms with Crippen LogP contribution in [-0.4, -0.2) is 28.0 Å². The number of allylic oxidation sites excluding steroid dienone is 1. The fraction of sp³-hybridized carbons (Fsp3) is 0.120. The van der Waals surface area contributed by atoms with Gasteiger partial charge in [0.05, 0.1) is 15.1 Å². The molecule has 0 amide bonds. The summed E-state index contributed by atoms with van der Waals surface area (Å²) in [4.78, 5) is 29.1. The van der Waals surface area contributed by atoms with E-state index in [1.54, 1.807) is 30.2 Å². The van der Waals surface area contributed by atoms with Crippen LogP contribution in [0.5, 0.6) is 0 Å². The molecule has 4 aromatic rings. The third-order valence-corrected chi connectivity index (χ3v) is 6.33. The van der Waals surface area contributed by atoms with Crippen LogP contribution >= 0.6 is 11.3 Å². The van der Waals surface area contributed by atoms with Crippen molar-refractivity contribution in [3.8, 4) is 0 Å². The Balaban J connectivity index is 1.75. The monoisotopic (exact) mass is 459 g/mol. The average Bonchev–Trinajstić information content (AvgIpc) is 3.26. The number of hydrogen-bond acceptors (Lipinski definition) is 6. The molecular formula is C25H21N3O4S. The lowest BCUT2D eigenvalue weighted by atomic mass is 10.0. The number of benzene rings is 3. The maximum atomic E-state index is 11.9. The number of nitrogens with zero attached hydrogens (tertiary/aromatic N) is 3. The maximum Gasteiger partial charge on any atom is 0.303 e. The average molecular weight is 460 g/mol. The first-order chi connectivity index (χ1) is 15.9. The molecule has 1 heterocycles. The summed E-state index contributed by atoms with van der Waals surface area (Å²) in [6, 6.07) is 22.1. The molecule has 0 aliphatic carbocycles. The summed E-state index contributed by atoms with van der Waals surface area (Å²) in [5.41, 5.74) is 3.46. The molecule has 0 unspecified atom stereocenters. The van der Waals surface area contributed by atoms with Crippen molar-refractivity contribution in [1.29, 1.82) is 0 Å². The Morgan fingerprint density at radius 1 is 1.09 bits per heavy atom. The largest absolute Gasteiger partial charge is 0.481 e. The van der Waals surface area contributed by atoms with Crippen LogP contribution in [0.3, 0.4) is 0 Å². The second-order valence-electron chi connectivity index (χ2n) is 7.45. The van der Waals surface area contributed by atoms with E-state index in [1.165, 1.54) is 17.4 Å². The van der Waals surface area contributed by atoms with Gasteiger partial charge >= 0.3 is 5.97 Å². The summed E-state index contributed by atoms with van der Waals surface area (Å²) in [5, 5.41) is 21.8. The Labute approximate surface area is 194 Å². The number of carbonyl (C=O) groups is 1. The van der Waals surface area contributed by atoms with E-state index in [0.29, 0.717) is 16.3 Å². The molecule has 0 saturated heterocycles. The number of thiazole rings is 1. The third-order valence-electron chi connectivity index (χ3n) is 5.22. The molecule has 0 spiro atoms. The molecule has 3 aromatic carbocycles. The SMILES string of the molecule is CN(c1ccccc1)c1ccc(/C=C(/CCC(=O)O)c2nc3ccccc3s2)cc1[N+](=O)[O-]. The first-order valence-electron chi connectivity index (χ1n) is 10.3. The third kappa shape index (κ3) is 5.07. The summed E-state index contributed by atoms with van der Waals surface area (Å²) in [6.45, 7) is 0. The van der Waals surface area contributed by atoms with E-state index < -0.39 is 10.9 Å². The molecule has 0 bridgehead atoms. The number of carboxylic acids is 1. The van der Waals surface area contributed by atoms with Gasteiger partial charge in [-0.1, -0.05) is 36.4 Å². The van der Waals surface area contributed by atoms with Crippen LogP contribution in [0, 0.1) is 10.1 Å². The van der Waals surface area contributed by atoms with E-state index in [-0.39, 0.29) is 18.5 Å². The summed E-state index contributed by atoms with van der Waals surface area (Å²) < 4.78 is 1.000.